The molecule has 1 aromatic rings. The highest BCUT2D eigenvalue weighted by Crippen LogP contribution is 2.17. The molecule has 0 radical (unpaired) electrons. The number of primary amides is 2. The summed E-state index contributed by atoms with van der Waals surface area (Å²) in [7, 11) is 0. The molecule has 0 aliphatic rings. The number of aliphatic carboxylic acids is 5. The largest absolute Gasteiger partial charge is 0.481 e. The van der Waals surface area contributed by atoms with Crippen LogP contribution in [0.15, 0.2) is 30.3 Å². The lowest BCUT2D eigenvalue weighted by Gasteiger charge is -2.30. The van der Waals surface area contributed by atoms with Crippen molar-refractivity contribution < 1.29 is 131 Å². The Labute approximate surface area is 773 Å². The van der Waals surface area contributed by atoms with Crippen molar-refractivity contribution >= 4 is 166 Å². The highest BCUT2D eigenvalue weighted by molar-refractivity contribution is 7.98. The summed E-state index contributed by atoms with van der Waals surface area (Å²) in [5, 5.41) is 122. The van der Waals surface area contributed by atoms with Gasteiger partial charge >= 0.3 is 29.8 Å². The van der Waals surface area contributed by atoms with E-state index >= 15 is 0 Å². The van der Waals surface area contributed by atoms with Crippen molar-refractivity contribution in [3.63, 3.8) is 0 Å². The summed E-state index contributed by atoms with van der Waals surface area (Å²) in [6.45, 7) is 5.02. The molecule has 133 heavy (non-hydrogen) atoms. The van der Waals surface area contributed by atoms with Crippen molar-refractivity contribution in [2.45, 2.75) is 253 Å². The second kappa shape index (κ2) is 62.7. The number of carbonyl (C=O) groups is 21. The number of rotatable bonds is 68. The summed E-state index contributed by atoms with van der Waals surface area (Å²) in [6, 6.07) is -18.6. The topological polar surface area (TPSA) is 912 Å². The number of nitrogens with one attached hydrogen (secondary N) is 20. The summed E-state index contributed by atoms with van der Waals surface area (Å²) >= 11 is 2.33. The number of hydrogen-bond acceptors (Lipinski definition) is 28. The lowest BCUT2D eigenvalue weighted by molar-refractivity contribution is -0.142. The van der Waals surface area contributed by atoms with Crippen LogP contribution in [0.4, 0.5) is 0 Å². The number of carbonyl (C=O) groups excluding carboxylic acids is 16. The highest BCUT2D eigenvalue weighted by atomic mass is 32.2. The van der Waals surface area contributed by atoms with E-state index in [0.717, 1.165) is 25.6 Å². The standard InChI is InChI=1S/C78H128N26O27S2/c1-7-37(2)60(104-69(124)47(22-26-57(112)113)97-71(126)51(35-54(80)107)102-63(118)43(18-13-31-90-78(86)87)94-67(122)49(28-33-133-6)99-70(125)50(34-40-14-9-8-10-15-40)101-72(127)52(36-58(114)115)103-73(128)59(81)39(4)105)74(129)100-46(21-25-56(110)111)66(121)96-45(20-24-55(108)109)65(120)98-48(27-32-132-5)68(123)95-44(19-23-53(79)106)64(119)93-42(17-12-30-89-77(84)85)62(117)92-41(16-11-29-88-76(82)83)61(116)91-38(3)75(130)131/h8-10,14-15,37-39,41-52,59-60,105H,7,11-13,16-36,81H2,1-6H3,(H2,79,106)(H2,80,107)(H,91,116)(H,92,117)(H,93,119)(H,94,122)(H,95,123)(H,96,121)(H,97,126)(H,98,120)(H,99,125)(H,100,129)(H,101,127)(H,102,118)(H,103,128)(H,104,124)(H,108,109)(H,110,111)(H,112,113)(H,114,115)(H,130,131)(H4,82,83,88)(H4,84,85,89)(H4,86,87,90)/t37-,38-,39+,41-,42-,43-,44-,45-,46-,47-,48-,49-,50-,51-,52-,59-,60-/m0/s1. The first-order valence-corrected chi connectivity index (χ1v) is 44.9. The van der Waals surface area contributed by atoms with E-state index in [1.165, 1.54) is 25.6 Å². The molecule has 0 bridgehead atoms. The van der Waals surface area contributed by atoms with Crippen molar-refractivity contribution in [2.24, 2.45) is 40.3 Å². The zero-order chi connectivity index (χ0) is 101. The number of amides is 16. The summed E-state index contributed by atoms with van der Waals surface area (Å²) in [4.78, 5) is 285. The van der Waals surface area contributed by atoms with E-state index in [2.05, 4.69) is 90.4 Å². The lowest BCUT2D eigenvalue weighted by atomic mass is 9.96. The first-order valence-electron chi connectivity index (χ1n) is 42.1. The van der Waals surface area contributed by atoms with Gasteiger partial charge in [-0.3, -0.25) is 117 Å². The van der Waals surface area contributed by atoms with Crippen LogP contribution >= 0.6 is 23.5 Å². The monoisotopic (exact) mass is 1920 g/mol. The maximum atomic E-state index is 14.7. The molecule has 53 nitrogen and oxygen atoms in total. The van der Waals surface area contributed by atoms with Crippen molar-refractivity contribution in [1.82, 2.24) is 90.4 Å². The van der Waals surface area contributed by atoms with E-state index in [0.29, 0.717) is 5.56 Å². The minimum absolute atomic E-state index is 0.00683. The minimum Gasteiger partial charge on any atom is -0.481 e. The van der Waals surface area contributed by atoms with Crippen LogP contribution in [0.25, 0.3) is 0 Å². The average molecular weight is 1930 g/mol. The fourth-order valence-corrected chi connectivity index (χ4v) is 13.2. The number of carboxylic acid groups (broad SMARTS) is 5. The normalized spacial score (nSPS) is 14.7. The third-order valence-electron chi connectivity index (χ3n) is 19.8. The second-order valence-electron chi connectivity index (χ2n) is 30.7. The minimum atomic E-state index is -2.11. The van der Waals surface area contributed by atoms with Gasteiger partial charge < -0.3 is 155 Å². The van der Waals surface area contributed by atoms with Gasteiger partial charge in [0.25, 0.3) is 0 Å². The van der Waals surface area contributed by atoms with E-state index in [1.807, 2.05) is 0 Å². The van der Waals surface area contributed by atoms with Gasteiger partial charge in [0.2, 0.25) is 94.5 Å². The molecule has 0 aliphatic heterocycles. The SMILES string of the molecule is CC[C@H](C)[C@H](NC(=O)[C@H](CCC(=O)O)NC(=O)[C@H](CC(N)=O)NC(=O)[C@H](CCCNC(=N)N)NC(=O)[C@H](CCSC)NC(=O)[C@H](Cc1ccccc1)NC(=O)[C@H](CC(=O)O)NC(=O)[C@@H](N)[C@@H](C)O)C(=O)N[C@@H](CCC(=O)O)C(=O)N[C@@H](CCC(=O)O)C(=O)N[C@@H](CCSC)C(=O)N[C@@H](CCC(N)=O)C(=O)N[C@@H](CCCNC(=N)N)C(=O)N[C@@H](CCCNC(=N)N)C(=O)N[C@@H](C)C(=O)O. The lowest BCUT2D eigenvalue weighted by Crippen LogP contribution is -2.62. The van der Waals surface area contributed by atoms with Crippen molar-refractivity contribution in [2.75, 3.05) is 43.7 Å². The van der Waals surface area contributed by atoms with Crippen LogP contribution < -0.4 is 125 Å². The van der Waals surface area contributed by atoms with Crippen LogP contribution in [0.1, 0.15) is 155 Å². The zero-order valence-electron chi connectivity index (χ0n) is 74.4. The number of thioether (sulfide) groups is 2. The van der Waals surface area contributed by atoms with Gasteiger partial charge in [0.05, 0.1) is 18.9 Å². The number of guanidine groups is 3. The molecule has 16 amide bonds. The second-order valence-corrected chi connectivity index (χ2v) is 32.7. The van der Waals surface area contributed by atoms with Gasteiger partial charge in [-0.15, -0.1) is 0 Å². The van der Waals surface area contributed by atoms with E-state index in [9.17, 15) is 131 Å². The van der Waals surface area contributed by atoms with Gasteiger partial charge in [0.15, 0.2) is 17.9 Å². The molecule has 0 aromatic heterocycles. The quantitative estimate of drug-likeness (QED) is 0.0164. The summed E-state index contributed by atoms with van der Waals surface area (Å²) < 4.78 is 0. The Morgan fingerprint density at radius 2 is 0.632 bits per heavy atom. The number of aliphatic hydroxyl groups is 1. The number of carboxylic acids is 5. The zero-order valence-corrected chi connectivity index (χ0v) is 76.0. The molecular weight excluding hydrogens is 1800 g/mol. The van der Waals surface area contributed by atoms with Crippen molar-refractivity contribution in [1.29, 1.82) is 16.2 Å². The molecule has 0 saturated heterocycles. The maximum absolute atomic E-state index is 14.7. The number of aliphatic hydroxyl groups excluding tert-OH is 1. The Morgan fingerprint density at radius 3 is 0.940 bits per heavy atom. The smallest absolute Gasteiger partial charge is 0.325 e. The molecule has 0 fully saturated rings. The molecule has 55 heteroatoms. The van der Waals surface area contributed by atoms with Gasteiger partial charge in [-0.2, -0.15) is 23.5 Å². The molecule has 1 rings (SSSR count). The molecule has 17 atom stereocenters. The van der Waals surface area contributed by atoms with Crippen LogP contribution in [0.5, 0.6) is 0 Å². The first-order chi connectivity index (χ1) is 62.4. The third-order valence-corrected chi connectivity index (χ3v) is 21.1. The molecule has 0 heterocycles. The van der Waals surface area contributed by atoms with E-state index in [4.69, 9.17) is 50.6 Å². The van der Waals surface area contributed by atoms with E-state index < -0.39 is 309 Å². The molecule has 0 unspecified atom stereocenters. The van der Waals surface area contributed by atoms with Crippen LogP contribution in [-0.2, 0) is 107 Å². The van der Waals surface area contributed by atoms with Gasteiger partial charge in [0, 0.05) is 51.7 Å². The number of nitrogens with two attached hydrogens (primary N) is 6. The summed E-state index contributed by atoms with van der Waals surface area (Å²) in [6.07, 6.45) is -8.41. The Morgan fingerprint density at radius 1 is 0.346 bits per heavy atom. The van der Waals surface area contributed by atoms with Crippen molar-refractivity contribution in [3.8, 4) is 0 Å². The molecule has 0 aliphatic carbocycles. The first kappa shape index (κ1) is 118. The van der Waals surface area contributed by atoms with Gasteiger partial charge in [-0.25, -0.2) is 0 Å². The Balaban J connectivity index is 3.94. The molecular formula is C78H128N26O27S2. The van der Waals surface area contributed by atoms with Crippen LogP contribution in [0.3, 0.4) is 0 Å². The number of hydrogen-bond donors (Lipinski definition) is 32. The molecule has 38 N–H and O–H groups in total. The van der Waals surface area contributed by atoms with Crippen LogP contribution in [-0.4, -0.2) is 313 Å². The average Bonchev–Trinajstić information content (AvgIpc) is 0.844. The summed E-state index contributed by atoms with van der Waals surface area (Å²) in [5.41, 5.74) is 33.5. The maximum Gasteiger partial charge on any atom is 0.325 e. The number of benzene rings is 1. The fraction of sp³-hybridized carbons (Fsp3) is 0.615. The third kappa shape index (κ3) is 48.8. The van der Waals surface area contributed by atoms with Crippen LogP contribution in [0.2, 0.25) is 0 Å². The van der Waals surface area contributed by atoms with Gasteiger partial charge in [-0.1, -0.05) is 50.6 Å². The predicted molar refractivity (Wildman–Crippen MR) is 478 cm³/mol. The molecule has 744 valence electrons. The Bertz CT molecular complexity index is 4200. The van der Waals surface area contributed by atoms with E-state index in [-0.39, 0.29) is 95.3 Å². The Kier molecular flexibility index (Phi) is 55.4. The van der Waals surface area contributed by atoms with Crippen molar-refractivity contribution in [3.05, 3.63) is 35.9 Å². The van der Waals surface area contributed by atoms with Gasteiger partial charge in [-0.05, 0) is 126 Å². The predicted octanol–water partition coefficient (Wildman–Crippen LogP) is -9.62. The van der Waals surface area contributed by atoms with Crippen LogP contribution in [0, 0.1) is 22.1 Å². The molecule has 1 aromatic carbocycles. The Hall–Kier alpha value is -13.5. The fourth-order valence-electron chi connectivity index (χ4n) is 12.2. The van der Waals surface area contributed by atoms with E-state index in [1.54, 1.807) is 42.8 Å². The molecule has 0 spiro atoms. The molecule has 0 saturated carbocycles. The van der Waals surface area contributed by atoms with Gasteiger partial charge in [0.1, 0.15) is 90.6 Å². The summed E-state index contributed by atoms with van der Waals surface area (Å²) in [5.74, 6) is -29.0. The highest BCUT2D eigenvalue weighted by Gasteiger charge is 2.40.